The molecule has 0 fully saturated rings. The first-order valence-electron chi connectivity index (χ1n) is 5.45. The van der Waals surface area contributed by atoms with E-state index < -0.39 is 0 Å². The van der Waals surface area contributed by atoms with Gasteiger partial charge < -0.3 is 4.84 Å². The molecule has 1 aromatic rings. The van der Waals surface area contributed by atoms with Gasteiger partial charge in [-0.05, 0) is 12.5 Å². The van der Waals surface area contributed by atoms with Gasteiger partial charge in [0, 0.05) is 5.56 Å². The average Bonchev–Trinajstić information content (AvgIpc) is 2.34. The fourth-order valence-corrected chi connectivity index (χ4v) is 1.22. The van der Waals surface area contributed by atoms with Crippen LogP contribution in [0.1, 0.15) is 37.3 Å². The third-order valence-electron chi connectivity index (χ3n) is 2.12. The number of hydrogen-bond acceptors (Lipinski definition) is 3. The fourth-order valence-electron chi connectivity index (χ4n) is 1.22. The van der Waals surface area contributed by atoms with Crippen molar-refractivity contribution in [3.8, 4) is 6.07 Å². The molecule has 0 amide bonds. The highest BCUT2D eigenvalue weighted by atomic mass is 16.6. The van der Waals surface area contributed by atoms with Gasteiger partial charge in [-0.1, -0.05) is 43.1 Å². The molecular weight excluding hydrogens is 200 g/mol. The van der Waals surface area contributed by atoms with Gasteiger partial charge in [0.2, 0.25) is 0 Å². The quantitative estimate of drug-likeness (QED) is 0.416. The molecule has 0 aliphatic carbocycles. The third-order valence-corrected chi connectivity index (χ3v) is 2.12. The molecule has 0 spiro atoms. The lowest BCUT2D eigenvalue weighted by Crippen LogP contribution is -1.91. The smallest absolute Gasteiger partial charge is 0.141 e. The Labute approximate surface area is 96.3 Å². The minimum Gasteiger partial charge on any atom is -0.395 e. The van der Waals surface area contributed by atoms with Crippen LogP contribution in [0.2, 0.25) is 0 Å². The second-order valence-corrected chi connectivity index (χ2v) is 3.40. The number of nitrogens with zero attached hydrogens (tertiary/aromatic N) is 2. The summed E-state index contributed by atoms with van der Waals surface area (Å²) in [6.07, 6.45) is 6.03. The second-order valence-electron chi connectivity index (χ2n) is 3.40. The van der Waals surface area contributed by atoms with Crippen LogP contribution in [0.3, 0.4) is 0 Å². The van der Waals surface area contributed by atoms with Gasteiger partial charge >= 0.3 is 0 Å². The Balaban J connectivity index is 2.41. The van der Waals surface area contributed by atoms with Crippen molar-refractivity contribution >= 4 is 6.21 Å². The molecule has 83 valence electrons. The van der Waals surface area contributed by atoms with E-state index in [1.165, 1.54) is 0 Å². The normalized spacial score (nSPS) is 10.2. The molecule has 0 aromatic heterocycles. The predicted octanol–water partition coefficient (Wildman–Crippen LogP) is 2.98. The van der Waals surface area contributed by atoms with Gasteiger partial charge in [-0.15, -0.1) is 0 Å². The van der Waals surface area contributed by atoms with E-state index in [1.807, 2.05) is 12.1 Å². The molecule has 1 radical (unpaired) electrons. The van der Waals surface area contributed by atoms with Crippen LogP contribution in [0.5, 0.6) is 0 Å². The van der Waals surface area contributed by atoms with E-state index in [0.717, 1.165) is 19.3 Å². The van der Waals surface area contributed by atoms with Crippen LogP contribution in [-0.2, 0) is 4.84 Å². The lowest BCUT2D eigenvalue weighted by Gasteiger charge is -1.97. The zero-order chi connectivity index (χ0) is 11.6. The lowest BCUT2D eigenvalue weighted by atomic mass is 10.1. The SMILES string of the molecule is CCCCCO/N=[C]/c1ccccc1C#N. The summed E-state index contributed by atoms with van der Waals surface area (Å²) >= 11 is 0. The highest BCUT2D eigenvalue weighted by Gasteiger charge is 1.97. The van der Waals surface area contributed by atoms with Gasteiger partial charge in [-0.2, -0.15) is 5.26 Å². The summed E-state index contributed by atoms with van der Waals surface area (Å²) in [6, 6.07) is 9.25. The zero-order valence-corrected chi connectivity index (χ0v) is 9.44. The standard InChI is InChI=1S/C13H15N2O/c1-2-3-6-9-16-15-11-13-8-5-4-7-12(13)10-14/h4-5,7-8H,2-3,6,9H2,1H3. The summed E-state index contributed by atoms with van der Waals surface area (Å²) in [5.74, 6) is 0. The molecule has 3 heteroatoms. The lowest BCUT2D eigenvalue weighted by molar-refractivity contribution is 0.141. The Morgan fingerprint density at radius 1 is 1.25 bits per heavy atom. The Hall–Kier alpha value is -1.82. The third kappa shape index (κ3) is 4.14. The number of nitriles is 1. The molecule has 1 aromatic carbocycles. The summed E-state index contributed by atoms with van der Waals surface area (Å²) in [5.41, 5.74) is 1.23. The molecule has 0 unspecified atom stereocenters. The minimum atomic E-state index is 0.559. The molecule has 0 atom stereocenters. The van der Waals surface area contributed by atoms with E-state index in [-0.39, 0.29) is 0 Å². The number of rotatable bonds is 6. The molecule has 0 bridgehead atoms. The Morgan fingerprint density at radius 2 is 2.00 bits per heavy atom. The number of unbranched alkanes of at least 4 members (excludes halogenated alkanes) is 2. The summed E-state index contributed by atoms with van der Waals surface area (Å²) in [6.45, 7) is 2.74. The molecular formula is C13H15N2O. The van der Waals surface area contributed by atoms with Crippen LogP contribution in [0.15, 0.2) is 29.4 Å². The Kier molecular flexibility index (Phi) is 5.72. The molecule has 0 saturated heterocycles. The van der Waals surface area contributed by atoms with Crippen LogP contribution < -0.4 is 0 Å². The van der Waals surface area contributed by atoms with Crippen molar-refractivity contribution < 1.29 is 4.84 Å². The summed E-state index contributed by atoms with van der Waals surface area (Å²) < 4.78 is 0. The monoisotopic (exact) mass is 215 g/mol. The van der Waals surface area contributed by atoms with Crippen LogP contribution >= 0.6 is 0 Å². The number of hydrogen-bond donors (Lipinski definition) is 0. The van der Waals surface area contributed by atoms with E-state index in [1.54, 1.807) is 12.1 Å². The highest BCUT2D eigenvalue weighted by molar-refractivity contribution is 5.82. The van der Waals surface area contributed by atoms with Crippen molar-refractivity contribution in [3.63, 3.8) is 0 Å². The van der Waals surface area contributed by atoms with E-state index in [9.17, 15) is 0 Å². The summed E-state index contributed by atoms with van der Waals surface area (Å²) in [4.78, 5) is 5.04. The minimum absolute atomic E-state index is 0.559. The summed E-state index contributed by atoms with van der Waals surface area (Å²) in [5, 5.41) is 12.5. The van der Waals surface area contributed by atoms with Gasteiger partial charge in [-0.25, -0.2) is 0 Å². The molecule has 0 heterocycles. The molecule has 3 nitrogen and oxygen atoms in total. The zero-order valence-electron chi connectivity index (χ0n) is 9.44. The van der Waals surface area contributed by atoms with Crippen molar-refractivity contribution in [1.82, 2.24) is 0 Å². The second kappa shape index (κ2) is 7.47. The largest absolute Gasteiger partial charge is 0.395 e. The van der Waals surface area contributed by atoms with Gasteiger partial charge in [0.05, 0.1) is 11.6 Å². The fraction of sp³-hybridized carbons (Fsp3) is 0.385. The van der Waals surface area contributed by atoms with Crippen molar-refractivity contribution in [2.24, 2.45) is 5.16 Å². The molecule has 0 N–H and O–H groups in total. The van der Waals surface area contributed by atoms with E-state index in [2.05, 4.69) is 24.4 Å². The van der Waals surface area contributed by atoms with Crippen LogP contribution in [0.4, 0.5) is 0 Å². The topological polar surface area (TPSA) is 45.4 Å². The van der Waals surface area contributed by atoms with Crippen LogP contribution in [0, 0.1) is 11.3 Å². The van der Waals surface area contributed by atoms with Gasteiger partial charge in [-0.3, -0.25) is 0 Å². The van der Waals surface area contributed by atoms with Crippen molar-refractivity contribution in [2.45, 2.75) is 26.2 Å². The van der Waals surface area contributed by atoms with Crippen molar-refractivity contribution in [3.05, 3.63) is 35.4 Å². The molecule has 16 heavy (non-hydrogen) atoms. The highest BCUT2D eigenvalue weighted by Crippen LogP contribution is 2.04. The first-order chi connectivity index (χ1) is 7.88. The maximum atomic E-state index is 8.82. The van der Waals surface area contributed by atoms with Crippen molar-refractivity contribution in [2.75, 3.05) is 6.61 Å². The number of benzene rings is 1. The predicted molar refractivity (Wildman–Crippen MR) is 63.2 cm³/mol. The van der Waals surface area contributed by atoms with Crippen LogP contribution in [0.25, 0.3) is 0 Å². The van der Waals surface area contributed by atoms with Crippen LogP contribution in [-0.4, -0.2) is 12.8 Å². The van der Waals surface area contributed by atoms with Gasteiger partial charge in [0.1, 0.15) is 12.8 Å². The first kappa shape index (κ1) is 12.3. The van der Waals surface area contributed by atoms with E-state index in [0.29, 0.717) is 17.7 Å². The maximum absolute atomic E-state index is 8.82. The average molecular weight is 215 g/mol. The summed E-state index contributed by atoms with van der Waals surface area (Å²) in [7, 11) is 0. The molecule has 0 saturated carbocycles. The Morgan fingerprint density at radius 3 is 2.69 bits per heavy atom. The molecule has 1 rings (SSSR count). The Bertz CT molecular complexity index is 380. The van der Waals surface area contributed by atoms with E-state index >= 15 is 0 Å². The van der Waals surface area contributed by atoms with Crippen molar-refractivity contribution in [1.29, 1.82) is 5.26 Å². The van der Waals surface area contributed by atoms with Gasteiger partial charge in [0.15, 0.2) is 0 Å². The molecule has 0 aliphatic heterocycles. The first-order valence-corrected chi connectivity index (χ1v) is 5.45. The maximum Gasteiger partial charge on any atom is 0.141 e. The van der Waals surface area contributed by atoms with Gasteiger partial charge in [0.25, 0.3) is 0 Å². The van der Waals surface area contributed by atoms with E-state index in [4.69, 9.17) is 10.1 Å². The molecule has 0 aliphatic rings.